The predicted octanol–water partition coefficient (Wildman–Crippen LogP) is 0.168. The number of aromatic amines is 1. The lowest BCUT2D eigenvalue weighted by atomic mass is 10.1. The van der Waals surface area contributed by atoms with Gasteiger partial charge in [-0.05, 0) is 12.8 Å². The topological polar surface area (TPSA) is 69.8 Å². The summed E-state index contributed by atoms with van der Waals surface area (Å²) in [4.78, 5) is 18.4. The van der Waals surface area contributed by atoms with Crippen LogP contribution < -0.4 is 10.6 Å². The molecule has 0 saturated carbocycles. The number of hydrogen-bond acceptors (Lipinski definition) is 3. The average molecular weight is 208 g/mol. The number of nitrogens with zero attached hydrogens (tertiary/aromatic N) is 1. The van der Waals surface area contributed by atoms with Crippen LogP contribution in [-0.2, 0) is 11.3 Å². The van der Waals surface area contributed by atoms with Crippen molar-refractivity contribution in [3.63, 3.8) is 0 Å². The van der Waals surface area contributed by atoms with Gasteiger partial charge in [0.2, 0.25) is 5.91 Å². The Hall–Kier alpha value is -1.36. The van der Waals surface area contributed by atoms with Gasteiger partial charge in [0.15, 0.2) is 0 Å². The first-order valence-electron chi connectivity index (χ1n) is 5.33. The molecular formula is C10H16N4O. The number of nitrogens with one attached hydrogen (secondary N) is 3. The minimum Gasteiger partial charge on any atom is -0.356 e. The lowest BCUT2D eigenvalue weighted by Crippen LogP contribution is -2.32. The second kappa shape index (κ2) is 4.93. The van der Waals surface area contributed by atoms with Crippen LogP contribution in [0, 0.1) is 0 Å². The van der Waals surface area contributed by atoms with Gasteiger partial charge in [-0.3, -0.25) is 4.79 Å². The van der Waals surface area contributed by atoms with Crippen LogP contribution in [-0.4, -0.2) is 28.5 Å². The van der Waals surface area contributed by atoms with Crippen LogP contribution in [0.1, 0.15) is 25.1 Å². The zero-order chi connectivity index (χ0) is 10.5. The fraction of sp³-hybridized carbons (Fsp3) is 0.600. The highest BCUT2D eigenvalue weighted by Crippen LogP contribution is 2.06. The van der Waals surface area contributed by atoms with Gasteiger partial charge in [-0.15, -0.1) is 0 Å². The van der Waals surface area contributed by atoms with Gasteiger partial charge >= 0.3 is 0 Å². The van der Waals surface area contributed by atoms with E-state index in [0.29, 0.717) is 13.0 Å². The lowest BCUT2D eigenvalue weighted by Gasteiger charge is -2.13. The molecule has 1 fully saturated rings. The van der Waals surface area contributed by atoms with Crippen molar-refractivity contribution >= 4 is 5.91 Å². The highest BCUT2D eigenvalue weighted by Gasteiger charge is 2.16. The van der Waals surface area contributed by atoms with Crippen LogP contribution in [0.15, 0.2) is 12.4 Å². The third-order valence-electron chi connectivity index (χ3n) is 2.60. The van der Waals surface area contributed by atoms with Crippen molar-refractivity contribution in [1.82, 2.24) is 20.6 Å². The minimum atomic E-state index is 0.143. The van der Waals surface area contributed by atoms with E-state index in [1.807, 2.05) is 0 Å². The van der Waals surface area contributed by atoms with E-state index in [4.69, 9.17) is 0 Å². The largest absolute Gasteiger partial charge is 0.356 e. The van der Waals surface area contributed by atoms with Crippen molar-refractivity contribution in [3.8, 4) is 0 Å². The van der Waals surface area contributed by atoms with Crippen LogP contribution in [0.5, 0.6) is 0 Å². The highest BCUT2D eigenvalue weighted by molar-refractivity contribution is 5.76. The predicted molar refractivity (Wildman–Crippen MR) is 56.1 cm³/mol. The Bertz CT molecular complexity index is 309. The SMILES string of the molecule is O=C1CC(NCc2ncc[nH]2)CCCN1. The molecule has 1 saturated heterocycles. The molecular weight excluding hydrogens is 192 g/mol. The third kappa shape index (κ3) is 3.06. The Balaban J connectivity index is 1.80. The molecule has 3 N–H and O–H groups in total. The Kier molecular flexibility index (Phi) is 3.34. The quantitative estimate of drug-likeness (QED) is 0.663. The molecule has 5 heteroatoms. The molecule has 0 bridgehead atoms. The summed E-state index contributed by atoms with van der Waals surface area (Å²) in [5.74, 6) is 1.06. The van der Waals surface area contributed by atoms with Gasteiger partial charge < -0.3 is 15.6 Å². The smallest absolute Gasteiger partial charge is 0.221 e. The molecule has 1 aliphatic heterocycles. The zero-order valence-electron chi connectivity index (χ0n) is 8.62. The molecule has 0 aromatic carbocycles. The number of hydrogen-bond donors (Lipinski definition) is 3. The van der Waals surface area contributed by atoms with Crippen LogP contribution in [0.3, 0.4) is 0 Å². The number of amides is 1. The summed E-state index contributed by atoms with van der Waals surface area (Å²) >= 11 is 0. The summed E-state index contributed by atoms with van der Waals surface area (Å²) in [6.07, 6.45) is 6.19. The first-order valence-corrected chi connectivity index (χ1v) is 5.33. The van der Waals surface area contributed by atoms with Crippen molar-refractivity contribution in [2.75, 3.05) is 6.54 Å². The van der Waals surface area contributed by atoms with Crippen molar-refractivity contribution in [2.45, 2.75) is 31.8 Å². The normalized spacial score (nSPS) is 22.1. The van der Waals surface area contributed by atoms with Crippen LogP contribution >= 0.6 is 0 Å². The van der Waals surface area contributed by atoms with E-state index in [9.17, 15) is 4.79 Å². The summed E-state index contributed by atoms with van der Waals surface area (Å²) in [7, 11) is 0. The van der Waals surface area contributed by atoms with E-state index in [-0.39, 0.29) is 11.9 Å². The molecule has 1 atom stereocenters. The molecule has 2 heterocycles. The summed E-state index contributed by atoms with van der Waals surface area (Å²) in [5.41, 5.74) is 0. The van der Waals surface area contributed by atoms with Gasteiger partial charge in [-0.2, -0.15) is 0 Å². The van der Waals surface area contributed by atoms with E-state index in [1.165, 1.54) is 0 Å². The van der Waals surface area contributed by atoms with Crippen LogP contribution in [0.2, 0.25) is 0 Å². The van der Waals surface area contributed by atoms with E-state index >= 15 is 0 Å². The van der Waals surface area contributed by atoms with Gasteiger partial charge in [0, 0.05) is 31.4 Å². The first kappa shape index (κ1) is 10.2. The standard InChI is InChI=1S/C10H16N4O/c15-10-6-8(2-1-3-13-10)14-7-9-11-4-5-12-9/h4-5,8,14H,1-3,6-7H2,(H,11,12)(H,13,15). The molecule has 1 aliphatic rings. The second-order valence-electron chi connectivity index (χ2n) is 3.81. The molecule has 2 rings (SSSR count). The number of carbonyl (C=O) groups excluding carboxylic acids is 1. The number of H-pyrrole nitrogens is 1. The van der Waals surface area contributed by atoms with E-state index in [2.05, 4.69) is 20.6 Å². The Morgan fingerprint density at radius 1 is 1.60 bits per heavy atom. The monoisotopic (exact) mass is 208 g/mol. The number of imidazole rings is 1. The molecule has 1 aromatic rings. The third-order valence-corrected chi connectivity index (χ3v) is 2.60. The molecule has 82 valence electrons. The van der Waals surface area contributed by atoms with Crippen molar-refractivity contribution in [3.05, 3.63) is 18.2 Å². The highest BCUT2D eigenvalue weighted by atomic mass is 16.1. The Morgan fingerprint density at radius 2 is 2.53 bits per heavy atom. The Labute approximate surface area is 88.7 Å². The van der Waals surface area contributed by atoms with Gasteiger partial charge in [0.1, 0.15) is 5.82 Å². The van der Waals surface area contributed by atoms with E-state index < -0.39 is 0 Å². The van der Waals surface area contributed by atoms with Gasteiger partial charge in [-0.25, -0.2) is 4.98 Å². The molecule has 1 amide bonds. The number of aromatic nitrogens is 2. The number of carbonyl (C=O) groups is 1. The van der Waals surface area contributed by atoms with Crippen molar-refractivity contribution in [2.24, 2.45) is 0 Å². The maximum atomic E-state index is 11.3. The fourth-order valence-corrected chi connectivity index (χ4v) is 1.78. The van der Waals surface area contributed by atoms with Gasteiger partial charge in [0.05, 0.1) is 6.54 Å². The van der Waals surface area contributed by atoms with E-state index in [0.717, 1.165) is 25.2 Å². The fourth-order valence-electron chi connectivity index (χ4n) is 1.78. The molecule has 0 radical (unpaired) electrons. The summed E-state index contributed by atoms with van der Waals surface area (Å²) in [6.45, 7) is 1.50. The van der Waals surface area contributed by atoms with Crippen LogP contribution in [0.25, 0.3) is 0 Å². The molecule has 0 aliphatic carbocycles. The molecule has 1 unspecified atom stereocenters. The summed E-state index contributed by atoms with van der Waals surface area (Å²) in [6, 6.07) is 0.276. The maximum absolute atomic E-state index is 11.3. The van der Waals surface area contributed by atoms with E-state index in [1.54, 1.807) is 12.4 Å². The zero-order valence-corrected chi connectivity index (χ0v) is 8.62. The Morgan fingerprint density at radius 3 is 3.33 bits per heavy atom. The number of rotatable bonds is 3. The van der Waals surface area contributed by atoms with Crippen LogP contribution in [0.4, 0.5) is 0 Å². The summed E-state index contributed by atoms with van der Waals surface area (Å²) < 4.78 is 0. The van der Waals surface area contributed by atoms with Crippen molar-refractivity contribution in [1.29, 1.82) is 0 Å². The molecule has 5 nitrogen and oxygen atoms in total. The van der Waals surface area contributed by atoms with Crippen molar-refractivity contribution < 1.29 is 4.79 Å². The summed E-state index contributed by atoms with van der Waals surface area (Å²) in [5, 5.41) is 6.21. The maximum Gasteiger partial charge on any atom is 0.221 e. The average Bonchev–Trinajstić information content (AvgIpc) is 2.65. The second-order valence-corrected chi connectivity index (χ2v) is 3.81. The molecule has 1 aromatic heterocycles. The minimum absolute atomic E-state index is 0.143. The molecule has 0 spiro atoms. The first-order chi connectivity index (χ1) is 7.34. The van der Waals surface area contributed by atoms with Gasteiger partial charge in [0.25, 0.3) is 0 Å². The lowest BCUT2D eigenvalue weighted by molar-refractivity contribution is -0.121. The molecule has 15 heavy (non-hydrogen) atoms. The van der Waals surface area contributed by atoms with Gasteiger partial charge in [-0.1, -0.05) is 0 Å².